The van der Waals surface area contributed by atoms with Crippen molar-refractivity contribution in [3.8, 4) is 0 Å². The van der Waals surface area contributed by atoms with E-state index in [4.69, 9.17) is 4.74 Å². The molecule has 0 bridgehead atoms. The summed E-state index contributed by atoms with van der Waals surface area (Å²) in [5.74, 6) is -0.588. The van der Waals surface area contributed by atoms with Crippen LogP contribution in [0.15, 0.2) is 42.5 Å². The normalized spacial score (nSPS) is 24.3. The maximum atomic E-state index is 12.8. The summed E-state index contributed by atoms with van der Waals surface area (Å²) in [4.78, 5) is 27.2. The highest BCUT2D eigenvalue weighted by molar-refractivity contribution is 5.96. The zero-order valence-electron chi connectivity index (χ0n) is 13.1. The van der Waals surface area contributed by atoms with Gasteiger partial charge >= 0.3 is 0 Å². The summed E-state index contributed by atoms with van der Waals surface area (Å²) in [5.41, 5.74) is 0.768. The molecule has 1 fully saturated rings. The second-order valence-electron chi connectivity index (χ2n) is 5.95. The fourth-order valence-electron chi connectivity index (χ4n) is 3.15. The van der Waals surface area contributed by atoms with E-state index in [1.807, 2.05) is 47.4 Å². The van der Waals surface area contributed by atoms with Crippen molar-refractivity contribution >= 4 is 17.5 Å². The van der Waals surface area contributed by atoms with Gasteiger partial charge in [-0.05, 0) is 25.0 Å². The molecule has 2 amide bonds. The van der Waals surface area contributed by atoms with Crippen molar-refractivity contribution < 1.29 is 14.3 Å². The van der Waals surface area contributed by atoms with Gasteiger partial charge in [0.05, 0.1) is 25.0 Å². The third-order valence-electron chi connectivity index (χ3n) is 4.45. The van der Waals surface area contributed by atoms with Crippen LogP contribution < -0.4 is 5.32 Å². The van der Waals surface area contributed by atoms with Crippen LogP contribution in [0.5, 0.6) is 0 Å². The van der Waals surface area contributed by atoms with Crippen LogP contribution >= 0.6 is 0 Å². The van der Waals surface area contributed by atoms with Gasteiger partial charge in [-0.15, -0.1) is 0 Å². The van der Waals surface area contributed by atoms with E-state index in [1.54, 1.807) is 0 Å². The number of hydrogen-bond donors (Lipinski definition) is 1. The molecule has 122 valence electrons. The molecule has 1 heterocycles. The quantitative estimate of drug-likeness (QED) is 0.869. The lowest BCUT2D eigenvalue weighted by Gasteiger charge is -2.34. The highest BCUT2D eigenvalue weighted by Gasteiger charge is 2.36. The van der Waals surface area contributed by atoms with Crippen molar-refractivity contribution in [2.45, 2.75) is 12.8 Å². The first-order chi connectivity index (χ1) is 11.3. The highest BCUT2D eigenvalue weighted by Crippen LogP contribution is 2.29. The van der Waals surface area contributed by atoms with E-state index in [2.05, 4.69) is 5.32 Å². The second-order valence-corrected chi connectivity index (χ2v) is 5.95. The Hall–Kier alpha value is -2.14. The van der Waals surface area contributed by atoms with Gasteiger partial charge < -0.3 is 15.0 Å². The summed E-state index contributed by atoms with van der Waals surface area (Å²) in [6.07, 6.45) is 5.25. The number of carbonyl (C=O) groups excluding carboxylic acids is 2. The third kappa shape index (κ3) is 3.79. The Morgan fingerprint density at radius 3 is 2.35 bits per heavy atom. The van der Waals surface area contributed by atoms with Crippen LogP contribution in [-0.2, 0) is 14.3 Å². The first kappa shape index (κ1) is 15.7. The van der Waals surface area contributed by atoms with Crippen LogP contribution in [0.3, 0.4) is 0 Å². The van der Waals surface area contributed by atoms with E-state index >= 15 is 0 Å². The van der Waals surface area contributed by atoms with Crippen molar-refractivity contribution in [2.24, 2.45) is 11.8 Å². The first-order valence-electron chi connectivity index (χ1n) is 8.13. The lowest BCUT2D eigenvalue weighted by atomic mass is 9.81. The molecule has 5 nitrogen and oxygen atoms in total. The molecule has 3 rings (SSSR count). The molecule has 1 aromatic carbocycles. The number of nitrogens with one attached hydrogen (secondary N) is 1. The van der Waals surface area contributed by atoms with E-state index in [9.17, 15) is 9.59 Å². The summed E-state index contributed by atoms with van der Waals surface area (Å²) in [6.45, 7) is 2.39. The van der Waals surface area contributed by atoms with Gasteiger partial charge in [-0.1, -0.05) is 30.4 Å². The minimum Gasteiger partial charge on any atom is -0.378 e. The smallest absolute Gasteiger partial charge is 0.228 e. The standard InChI is InChI=1S/C18H22N2O3/c21-17(19-14-6-2-1-3-7-14)15-8-4-5-9-16(15)18(22)20-10-12-23-13-11-20/h1-7,15-16H,8-13H2,(H,19,21). The van der Waals surface area contributed by atoms with Crippen LogP contribution in [0, 0.1) is 11.8 Å². The molecule has 5 heteroatoms. The summed E-state index contributed by atoms with van der Waals surface area (Å²) < 4.78 is 5.30. The maximum Gasteiger partial charge on any atom is 0.228 e. The van der Waals surface area contributed by atoms with Gasteiger partial charge in [-0.3, -0.25) is 9.59 Å². The number of para-hydroxylation sites is 1. The van der Waals surface area contributed by atoms with Gasteiger partial charge in [0.25, 0.3) is 0 Å². The van der Waals surface area contributed by atoms with E-state index in [1.165, 1.54) is 0 Å². The molecule has 0 radical (unpaired) electrons. The molecule has 1 aromatic rings. The maximum absolute atomic E-state index is 12.8. The van der Waals surface area contributed by atoms with E-state index < -0.39 is 0 Å². The van der Waals surface area contributed by atoms with Crippen molar-refractivity contribution in [3.63, 3.8) is 0 Å². The highest BCUT2D eigenvalue weighted by atomic mass is 16.5. The summed E-state index contributed by atoms with van der Waals surface area (Å²) in [7, 11) is 0. The van der Waals surface area contributed by atoms with Crippen LogP contribution in [0.2, 0.25) is 0 Å². The minimum atomic E-state index is -0.310. The Labute approximate surface area is 136 Å². The number of nitrogens with zero attached hydrogens (tertiary/aromatic N) is 1. The van der Waals surface area contributed by atoms with Crippen LogP contribution in [0.4, 0.5) is 5.69 Å². The van der Waals surface area contributed by atoms with E-state index in [0.717, 1.165) is 5.69 Å². The molecular weight excluding hydrogens is 292 g/mol. The summed E-state index contributed by atoms with van der Waals surface area (Å²) in [5, 5.41) is 2.93. The van der Waals surface area contributed by atoms with Gasteiger partial charge in [-0.2, -0.15) is 0 Å². The summed E-state index contributed by atoms with van der Waals surface area (Å²) in [6, 6.07) is 9.38. The van der Waals surface area contributed by atoms with Gasteiger partial charge in [0.2, 0.25) is 11.8 Å². The molecular formula is C18H22N2O3. The molecule has 0 aromatic heterocycles. The zero-order chi connectivity index (χ0) is 16.1. The predicted molar refractivity (Wildman–Crippen MR) is 87.8 cm³/mol. The number of rotatable bonds is 3. The molecule has 1 aliphatic carbocycles. The van der Waals surface area contributed by atoms with E-state index in [-0.39, 0.29) is 23.7 Å². The molecule has 2 atom stereocenters. The third-order valence-corrected chi connectivity index (χ3v) is 4.45. The van der Waals surface area contributed by atoms with E-state index in [0.29, 0.717) is 39.1 Å². The average Bonchev–Trinajstić information content (AvgIpc) is 2.62. The lowest BCUT2D eigenvalue weighted by molar-refractivity contribution is -0.144. The number of anilines is 1. The molecule has 23 heavy (non-hydrogen) atoms. The molecule has 2 aliphatic rings. The lowest BCUT2D eigenvalue weighted by Crippen LogP contribution is -2.47. The summed E-state index contributed by atoms with van der Waals surface area (Å²) >= 11 is 0. The van der Waals surface area contributed by atoms with Gasteiger partial charge in [0.15, 0.2) is 0 Å². The fourth-order valence-corrected chi connectivity index (χ4v) is 3.15. The Balaban J connectivity index is 1.69. The number of allylic oxidation sites excluding steroid dienone is 2. The van der Waals surface area contributed by atoms with Gasteiger partial charge in [0.1, 0.15) is 0 Å². The fraction of sp³-hybridized carbons (Fsp3) is 0.444. The Morgan fingerprint density at radius 2 is 1.65 bits per heavy atom. The van der Waals surface area contributed by atoms with Gasteiger partial charge in [-0.25, -0.2) is 0 Å². The number of morpholine rings is 1. The van der Waals surface area contributed by atoms with Crippen molar-refractivity contribution in [3.05, 3.63) is 42.5 Å². The largest absolute Gasteiger partial charge is 0.378 e. The average molecular weight is 314 g/mol. The Morgan fingerprint density at radius 1 is 1.00 bits per heavy atom. The number of ether oxygens (including phenoxy) is 1. The van der Waals surface area contributed by atoms with Crippen LogP contribution in [-0.4, -0.2) is 43.0 Å². The van der Waals surface area contributed by atoms with Crippen LogP contribution in [0.25, 0.3) is 0 Å². The predicted octanol–water partition coefficient (Wildman–Crippen LogP) is 2.07. The Bertz CT molecular complexity index is 579. The number of hydrogen-bond acceptors (Lipinski definition) is 3. The van der Waals surface area contributed by atoms with Crippen molar-refractivity contribution in [1.82, 2.24) is 4.90 Å². The molecule has 0 spiro atoms. The number of benzene rings is 1. The molecule has 1 N–H and O–H groups in total. The monoisotopic (exact) mass is 314 g/mol. The zero-order valence-corrected chi connectivity index (χ0v) is 13.1. The van der Waals surface area contributed by atoms with Crippen LogP contribution in [0.1, 0.15) is 12.8 Å². The molecule has 2 unspecified atom stereocenters. The topological polar surface area (TPSA) is 58.6 Å². The SMILES string of the molecule is O=C(Nc1ccccc1)C1CC=CCC1C(=O)N1CCOCC1. The molecule has 0 saturated carbocycles. The second kappa shape index (κ2) is 7.42. The first-order valence-corrected chi connectivity index (χ1v) is 8.13. The minimum absolute atomic E-state index is 0.0749. The Kier molecular flexibility index (Phi) is 5.08. The number of amides is 2. The van der Waals surface area contributed by atoms with Crippen molar-refractivity contribution in [1.29, 1.82) is 0 Å². The molecule has 1 aliphatic heterocycles. The number of carbonyl (C=O) groups is 2. The van der Waals surface area contributed by atoms with Crippen molar-refractivity contribution in [2.75, 3.05) is 31.6 Å². The molecule has 1 saturated heterocycles. The van der Waals surface area contributed by atoms with Gasteiger partial charge in [0, 0.05) is 18.8 Å².